The van der Waals surface area contributed by atoms with Gasteiger partial charge in [-0.15, -0.1) is 0 Å². The maximum absolute atomic E-state index is 12.8. The molecule has 0 aliphatic carbocycles. The van der Waals surface area contributed by atoms with Gasteiger partial charge in [0.2, 0.25) is 11.8 Å². The van der Waals surface area contributed by atoms with Crippen molar-refractivity contribution in [2.24, 2.45) is 19.8 Å². The number of primary amides is 1. The zero-order valence-corrected chi connectivity index (χ0v) is 17.9. The van der Waals surface area contributed by atoms with Gasteiger partial charge in [0.15, 0.2) is 11.2 Å². The molecule has 1 unspecified atom stereocenters. The molecule has 168 valence electrons. The Bertz CT molecular complexity index is 1320. The number of benzene rings is 1. The summed E-state index contributed by atoms with van der Waals surface area (Å²) in [6, 6.07) is 6.95. The van der Waals surface area contributed by atoms with E-state index in [0.29, 0.717) is 12.2 Å². The van der Waals surface area contributed by atoms with Gasteiger partial charge in [-0.25, -0.2) is 14.3 Å². The minimum Gasteiger partial charge on any atom is -0.368 e. The van der Waals surface area contributed by atoms with E-state index in [2.05, 4.69) is 10.3 Å². The van der Waals surface area contributed by atoms with E-state index in [1.807, 2.05) is 11.0 Å². The molecule has 1 aromatic carbocycles. The Labute approximate surface area is 183 Å². The summed E-state index contributed by atoms with van der Waals surface area (Å²) in [6.07, 6.45) is 3.11. The lowest BCUT2D eigenvalue weighted by atomic mass is 10.1. The Balaban J connectivity index is 1.51. The number of nitrogens with two attached hydrogens (primary N) is 1. The Morgan fingerprint density at radius 2 is 2.03 bits per heavy atom. The molecular weight excluding hydrogens is 414 g/mol. The van der Waals surface area contributed by atoms with E-state index < -0.39 is 23.7 Å². The van der Waals surface area contributed by atoms with Crippen LogP contribution >= 0.6 is 0 Å². The number of amides is 2. The number of hydrogen-bond acceptors (Lipinski definition) is 6. The average molecular weight is 439 g/mol. The molecule has 0 bridgehead atoms. The SMILES string of the molecule is Cn1cnc2c1c(=O)n(CC(=O)Nc1cccc(CN3CCCC3C(N)=O)c1)c(=O)n2C. The highest BCUT2D eigenvalue weighted by atomic mass is 16.2. The number of imidazole rings is 1. The predicted octanol–water partition coefficient (Wildman–Crippen LogP) is -0.478. The predicted molar refractivity (Wildman–Crippen MR) is 118 cm³/mol. The highest BCUT2D eigenvalue weighted by molar-refractivity contribution is 5.90. The number of aryl methyl sites for hydroxylation is 2. The summed E-state index contributed by atoms with van der Waals surface area (Å²) < 4.78 is 3.66. The Hall–Kier alpha value is -3.73. The van der Waals surface area contributed by atoms with Crippen molar-refractivity contribution in [2.45, 2.75) is 32.0 Å². The number of aromatic nitrogens is 4. The molecule has 2 amide bonds. The molecule has 1 aliphatic heterocycles. The van der Waals surface area contributed by atoms with E-state index >= 15 is 0 Å². The van der Waals surface area contributed by atoms with E-state index in [-0.39, 0.29) is 23.1 Å². The lowest BCUT2D eigenvalue weighted by Gasteiger charge is -2.22. The van der Waals surface area contributed by atoms with Crippen LogP contribution in [-0.4, -0.2) is 48.0 Å². The molecule has 1 fully saturated rings. The van der Waals surface area contributed by atoms with E-state index in [9.17, 15) is 19.2 Å². The number of hydrogen-bond donors (Lipinski definition) is 2. The smallest absolute Gasteiger partial charge is 0.332 e. The van der Waals surface area contributed by atoms with Gasteiger partial charge in [-0.3, -0.25) is 23.9 Å². The zero-order valence-electron chi connectivity index (χ0n) is 17.9. The van der Waals surface area contributed by atoms with Crippen molar-refractivity contribution in [3.05, 3.63) is 57.0 Å². The van der Waals surface area contributed by atoms with Crippen LogP contribution in [0.4, 0.5) is 5.69 Å². The fourth-order valence-electron chi connectivity index (χ4n) is 4.20. The molecule has 2 aromatic heterocycles. The Kier molecular flexibility index (Phi) is 5.66. The van der Waals surface area contributed by atoms with E-state index in [1.54, 1.807) is 25.2 Å². The fraction of sp³-hybridized carbons (Fsp3) is 0.381. The third-order valence-electron chi connectivity index (χ3n) is 5.79. The van der Waals surface area contributed by atoms with Gasteiger partial charge in [0.25, 0.3) is 5.56 Å². The van der Waals surface area contributed by atoms with Crippen LogP contribution in [0.15, 0.2) is 40.2 Å². The van der Waals surface area contributed by atoms with Gasteiger partial charge in [0, 0.05) is 26.3 Å². The summed E-state index contributed by atoms with van der Waals surface area (Å²) in [7, 11) is 3.16. The van der Waals surface area contributed by atoms with Gasteiger partial charge in [-0.2, -0.15) is 0 Å². The summed E-state index contributed by atoms with van der Waals surface area (Å²) in [5.41, 5.74) is 6.27. The molecular formula is C21H25N7O4. The van der Waals surface area contributed by atoms with Crippen molar-refractivity contribution in [3.8, 4) is 0 Å². The zero-order chi connectivity index (χ0) is 23.0. The normalized spacial score (nSPS) is 16.5. The molecule has 3 N–H and O–H groups in total. The number of carbonyl (C=O) groups excluding carboxylic acids is 2. The summed E-state index contributed by atoms with van der Waals surface area (Å²) >= 11 is 0. The lowest BCUT2D eigenvalue weighted by Crippen LogP contribution is -2.42. The Morgan fingerprint density at radius 1 is 1.25 bits per heavy atom. The van der Waals surface area contributed by atoms with Crippen molar-refractivity contribution in [1.82, 2.24) is 23.6 Å². The first-order valence-electron chi connectivity index (χ1n) is 10.3. The summed E-state index contributed by atoms with van der Waals surface area (Å²) in [4.78, 5) is 55.7. The van der Waals surface area contributed by atoms with Gasteiger partial charge in [0.1, 0.15) is 6.54 Å². The van der Waals surface area contributed by atoms with Crippen LogP contribution in [0.2, 0.25) is 0 Å². The first-order chi connectivity index (χ1) is 15.3. The molecule has 1 saturated heterocycles. The number of likely N-dealkylation sites (tertiary alicyclic amines) is 1. The first-order valence-corrected chi connectivity index (χ1v) is 10.3. The maximum atomic E-state index is 12.8. The topological polar surface area (TPSA) is 137 Å². The molecule has 0 spiro atoms. The van der Waals surface area contributed by atoms with Crippen molar-refractivity contribution in [3.63, 3.8) is 0 Å². The maximum Gasteiger partial charge on any atom is 0.332 e. The molecule has 32 heavy (non-hydrogen) atoms. The molecule has 1 aliphatic rings. The first kappa shape index (κ1) is 21.5. The summed E-state index contributed by atoms with van der Waals surface area (Å²) in [5, 5.41) is 2.74. The van der Waals surface area contributed by atoms with E-state index in [0.717, 1.165) is 29.5 Å². The van der Waals surface area contributed by atoms with Gasteiger partial charge in [0.05, 0.1) is 12.4 Å². The third kappa shape index (κ3) is 3.94. The molecule has 4 rings (SSSR count). The molecule has 3 aromatic rings. The second-order valence-corrected chi connectivity index (χ2v) is 8.04. The highest BCUT2D eigenvalue weighted by Crippen LogP contribution is 2.21. The lowest BCUT2D eigenvalue weighted by molar-refractivity contribution is -0.122. The van der Waals surface area contributed by atoms with E-state index in [1.165, 1.54) is 22.5 Å². The van der Waals surface area contributed by atoms with Crippen molar-refractivity contribution in [2.75, 3.05) is 11.9 Å². The van der Waals surface area contributed by atoms with Crippen molar-refractivity contribution >= 4 is 28.7 Å². The van der Waals surface area contributed by atoms with Gasteiger partial charge in [-0.1, -0.05) is 12.1 Å². The molecule has 0 saturated carbocycles. The summed E-state index contributed by atoms with van der Waals surface area (Å²) in [5.74, 6) is -0.830. The molecule has 0 radical (unpaired) electrons. The molecule has 11 nitrogen and oxygen atoms in total. The minimum atomic E-state index is -0.614. The quantitative estimate of drug-likeness (QED) is 0.532. The van der Waals surface area contributed by atoms with Crippen LogP contribution in [0.25, 0.3) is 11.2 Å². The number of carbonyl (C=O) groups is 2. The largest absolute Gasteiger partial charge is 0.368 e. The van der Waals surface area contributed by atoms with Gasteiger partial charge < -0.3 is 15.6 Å². The molecule has 11 heteroatoms. The van der Waals surface area contributed by atoms with Crippen molar-refractivity contribution in [1.29, 1.82) is 0 Å². The van der Waals surface area contributed by atoms with Crippen LogP contribution in [0.5, 0.6) is 0 Å². The highest BCUT2D eigenvalue weighted by Gasteiger charge is 2.28. The van der Waals surface area contributed by atoms with Crippen molar-refractivity contribution < 1.29 is 9.59 Å². The Morgan fingerprint density at radius 3 is 2.78 bits per heavy atom. The minimum absolute atomic E-state index is 0.247. The van der Waals surface area contributed by atoms with E-state index in [4.69, 9.17) is 5.73 Å². The van der Waals surface area contributed by atoms with Crippen LogP contribution in [0.3, 0.4) is 0 Å². The van der Waals surface area contributed by atoms with Crippen LogP contribution < -0.4 is 22.3 Å². The number of rotatable bonds is 6. The number of anilines is 1. The molecule has 1 atom stereocenters. The number of nitrogens with one attached hydrogen (secondary N) is 1. The third-order valence-corrected chi connectivity index (χ3v) is 5.79. The fourth-order valence-corrected chi connectivity index (χ4v) is 4.20. The van der Waals surface area contributed by atoms with Gasteiger partial charge >= 0.3 is 5.69 Å². The summed E-state index contributed by atoms with van der Waals surface area (Å²) in [6.45, 7) is 0.897. The second-order valence-electron chi connectivity index (χ2n) is 8.04. The number of nitrogens with zero attached hydrogens (tertiary/aromatic N) is 5. The molecule has 3 heterocycles. The number of fused-ring (bicyclic) bond motifs is 1. The van der Waals surface area contributed by atoms with Crippen LogP contribution in [0, 0.1) is 0 Å². The average Bonchev–Trinajstić information content (AvgIpc) is 3.36. The van der Waals surface area contributed by atoms with Gasteiger partial charge in [-0.05, 0) is 37.1 Å². The van der Waals surface area contributed by atoms with Crippen LogP contribution in [0.1, 0.15) is 18.4 Å². The standard InChI is InChI=1S/C21H25N7O4/c1-25-12-23-19-17(25)20(31)28(21(32)26(19)2)11-16(29)24-14-6-3-5-13(9-14)10-27-8-4-7-15(27)18(22)30/h3,5-6,9,12,15H,4,7-8,10-11H2,1-2H3,(H2,22,30)(H,24,29). The second kappa shape index (κ2) is 8.42. The van der Waals surface area contributed by atoms with Crippen LogP contribution in [-0.2, 0) is 36.8 Å². The monoisotopic (exact) mass is 439 g/mol.